The number of carbonyl (C=O) groups excluding carboxylic acids is 1. The fourth-order valence-corrected chi connectivity index (χ4v) is 5.71. The average Bonchev–Trinajstić information content (AvgIpc) is 3.12. The molecular weight excluding hydrogens is 454 g/mol. The first-order chi connectivity index (χ1) is 14.0. The van der Waals surface area contributed by atoms with Crippen molar-refractivity contribution in [1.29, 1.82) is 0 Å². The molecule has 1 atom stereocenters. The molecule has 4 rings (SSSR count). The van der Waals surface area contributed by atoms with Crippen LogP contribution in [0.3, 0.4) is 0 Å². The third-order valence-electron chi connectivity index (χ3n) is 4.94. The van der Waals surface area contributed by atoms with E-state index in [1.165, 1.54) is 0 Å². The van der Waals surface area contributed by atoms with E-state index in [9.17, 15) is 9.00 Å². The number of morpholine rings is 1. The lowest BCUT2D eigenvalue weighted by Crippen LogP contribution is -2.41. The Hall–Kier alpha value is -2.29. The van der Waals surface area contributed by atoms with Crippen molar-refractivity contribution in [3.8, 4) is 5.69 Å². The number of rotatable bonds is 4. The molecule has 0 aliphatic carbocycles. The first-order valence-corrected chi connectivity index (χ1v) is 11.3. The van der Waals surface area contributed by atoms with Gasteiger partial charge in [-0.15, -0.1) is 0 Å². The molecule has 1 fully saturated rings. The Bertz CT molecular complexity index is 1050. The summed E-state index contributed by atoms with van der Waals surface area (Å²) in [6.45, 7) is 9.88. The summed E-state index contributed by atoms with van der Waals surface area (Å²) in [5.74, 6) is 0.0333. The lowest BCUT2D eigenvalue weighted by Gasteiger charge is -2.26. The van der Waals surface area contributed by atoms with Crippen LogP contribution in [-0.4, -0.2) is 51.1 Å². The first kappa shape index (κ1) is 20.0. The van der Waals surface area contributed by atoms with Gasteiger partial charge in [-0.2, -0.15) is 5.10 Å². The van der Waals surface area contributed by atoms with Crippen LogP contribution in [0.4, 0.5) is 0 Å². The zero-order chi connectivity index (χ0) is 20.5. The molecule has 6 nitrogen and oxygen atoms in total. The molecule has 1 saturated heterocycles. The smallest absolute Gasteiger partial charge is 0.274 e. The summed E-state index contributed by atoms with van der Waals surface area (Å²) in [7, 11) is -1.36. The van der Waals surface area contributed by atoms with E-state index >= 15 is 0 Å². The second-order valence-electron chi connectivity index (χ2n) is 6.67. The SMILES string of the molecule is C=CC1=C(C(=C)Br)S(=O)Cc2c(C(=O)N3CCOCC3)nn(-c3ccccc3)c21. The number of hydrogen-bond acceptors (Lipinski definition) is 4. The summed E-state index contributed by atoms with van der Waals surface area (Å²) >= 11 is 3.38. The molecule has 0 spiro atoms. The number of ether oxygens (including phenoxy) is 1. The molecule has 0 radical (unpaired) electrons. The third kappa shape index (κ3) is 3.56. The van der Waals surface area contributed by atoms with E-state index in [0.717, 1.165) is 11.4 Å². The highest BCUT2D eigenvalue weighted by Gasteiger charge is 2.35. The molecule has 3 heterocycles. The number of amides is 1. The number of nitrogens with zero attached hydrogens (tertiary/aromatic N) is 3. The Morgan fingerprint density at radius 2 is 1.93 bits per heavy atom. The Morgan fingerprint density at radius 1 is 1.24 bits per heavy atom. The van der Waals surface area contributed by atoms with Crippen molar-refractivity contribution in [2.45, 2.75) is 5.75 Å². The van der Waals surface area contributed by atoms with Crippen LogP contribution in [-0.2, 0) is 21.3 Å². The van der Waals surface area contributed by atoms with Crippen LogP contribution in [0.1, 0.15) is 21.7 Å². The van der Waals surface area contributed by atoms with Gasteiger partial charge in [-0.1, -0.05) is 53.4 Å². The minimum atomic E-state index is -1.36. The molecule has 1 aromatic heterocycles. The van der Waals surface area contributed by atoms with Crippen LogP contribution in [0.5, 0.6) is 0 Å². The minimum absolute atomic E-state index is 0.166. The summed E-state index contributed by atoms with van der Waals surface area (Å²) < 4.78 is 20.6. The van der Waals surface area contributed by atoms with E-state index in [0.29, 0.717) is 52.5 Å². The molecule has 1 amide bonds. The highest BCUT2D eigenvalue weighted by atomic mass is 79.9. The van der Waals surface area contributed by atoms with Crippen molar-refractivity contribution >= 4 is 38.2 Å². The molecule has 2 aromatic rings. The average molecular weight is 474 g/mol. The van der Waals surface area contributed by atoms with Crippen LogP contribution < -0.4 is 0 Å². The molecule has 0 bridgehead atoms. The van der Waals surface area contributed by atoms with E-state index in [1.54, 1.807) is 15.7 Å². The van der Waals surface area contributed by atoms with Gasteiger partial charge in [0.2, 0.25) is 0 Å². The highest BCUT2D eigenvalue weighted by molar-refractivity contribution is 9.12. The highest BCUT2D eigenvalue weighted by Crippen LogP contribution is 2.39. The third-order valence-corrected chi connectivity index (χ3v) is 7.07. The van der Waals surface area contributed by atoms with Crippen molar-refractivity contribution in [2.75, 3.05) is 26.3 Å². The van der Waals surface area contributed by atoms with E-state index in [4.69, 9.17) is 4.74 Å². The van der Waals surface area contributed by atoms with E-state index in [2.05, 4.69) is 34.2 Å². The molecule has 29 heavy (non-hydrogen) atoms. The van der Waals surface area contributed by atoms with Gasteiger partial charge in [-0.25, -0.2) is 4.68 Å². The molecular formula is C21H20BrN3O3S. The summed E-state index contributed by atoms with van der Waals surface area (Å²) in [6.07, 6.45) is 1.65. The zero-order valence-electron chi connectivity index (χ0n) is 15.8. The topological polar surface area (TPSA) is 64.4 Å². The van der Waals surface area contributed by atoms with Crippen LogP contribution in [0.2, 0.25) is 0 Å². The van der Waals surface area contributed by atoms with E-state index < -0.39 is 10.8 Å². The summed E-state index contributed by atoms with van der Waals surface area (Å²) in [5.41, 5.74) is 3.23. The van der Waals surface area contributed by atoms with Crippen molar-refractivity contribution in [3.05, 3.63) is 75.9 Å². The van der Waals surface area contributed by atoms with E-state index in [1.807, 2.05) is 30.3 Å². The predicted octanol–water partition coefficient (Wildman–Crippen LogP) is 3.41. The Morgan fingerprint density at radius 3 is 2.55 bits per heavy atom. The van der Waals surface area contributed by atoms with Gasteiger partial charge in [0, 0.05) is 28.7 Å². The lowest BCUT2D eigenvalue weighted by atomic mass is 10.0. The molecule has 1 aromatic carbocycles. The molecule has 2 aliphatic rings. The van der Waals surface area contributed by atoms with Crippen LogP contribution >= 0.6 is 15.9 Å². The maximum absolute atomic E-state index is 13.3. The molecule has 0 N–H and O–H groups in total. The largest absolute Gasteiger partial charge is 0.378 e. The van der Waals surface area contributed by atoms with Crippen molar-refractivity contribution < 1.29 is 13.7 Å². The fourth-order valence-electron chi connectivity index (χ4n) is 3.60. The Balaban J connectivity index is 1.95. The van der Waals surface area contributed by atoms with Crippen molar-refractivity contribution in [1.82, 2.24) is 14.7 Å². The standard InChI is InChI=1S/C21H20BrN3O3S/c1-3-16-19-17(13-29(27)20(16)14(2)22)18(21(26)24-9-11-28-12-10-24)23-25(19)15-7-5-4-6-8-15/h3-8H,1-2,9-13H2. The Kier molecular flexibility index (Phi) is 5.67. The van der Waals surface area contributed by atoms with Gasteiger partial charge in [-0.3, -0.25) is 9.00 Å². The van der Waals surface area contributed by atoms with Gasteiger partial charge in [0.15, 0.2) is 5.69 Å². The number of benzene rings is 1. The molecule has 0 saturated carbocycles. The number of hydrogen-bond donors (Lipinski definition) is 0. The molecule has 8 heteroatoms. The number of halogens is 1. The predicted molar refractivity (Wildman–Crippen MR) is 117 cm³/mol. The molecule has 2 aliphatic heterocycles. The van der Waals surface area contributed by atoms with Gasteiger partial charge in [0.25, 0.3) is 5.91 Å². The first-order valence-electron chi connectivity index (χ1n) is 9.17. The van der Waals surface area contributed by atoms with Gasteiger partial charge >= 0.3 is 0 Å². The number of fused-ring (bicyclic) bond motifs is 1. The minimum Gasteiger partial charge on any atom is -0.378 e. The van der Waals surface area contributed by atoms with Crippen LogP contribution in [0.15, 0.2) is 59.0 Å². The normalized spacial score (nSPS) is 19.1. The van der Waals surface area contributed by atoms with Crippen molar-refractivity contribution in [2.24, 2.45) is 0 Å². The summed E-state index contributed by atoms with van der Waals surface area (Å²) in [4.78, 5) is 15.6. The second kappa shape index (κ2) is 8.22. The number of allylic oxidation sites excluding steroid dienone is 3. The summed E-state index contributed by atoms with van der Waals surface area (Å²) in [5, 5.41) is 4.69. The monoisotopic (exact) mass is 473 g/mol. The second-order valence-corrected chi connectivity index (χ2v) is 9.01. The van der Waals surface area contributed by atoms with Gasteiger partial charge in [-0.05, 0) is 12.1 Å². The van der Waals surface area contributed by atoms with Crippen LogP contribution in [0.25, 0.3) is 11.3 Å². The van der Waals surface area contributed by atoms with Gasteiger partial charge in [0.05, 0.1) is 46.1 Å². The summed E-state index contributed by atoms with van der Waals surface area (Å²) in [6, 6.07) is 9.59. The number of aromatic nitrogens is 2. The van der Waals surface area contributed by atoms with Crippen LogP contribution in [0, 0.1) is 0 Å². The fraction of sp³-hybridized carbons (Fsp3) is 0.238. The van der Waals surface area contributed by atoms with Gasteiger partial charge < -0.3 is 9.64 Å². The van der Waals surface area contributed by atoms with Crippen molar-refractivity contribution in [3.63, 3.8) is 0 Å². The molecule has 1 unspecified atom stereocenters. The quantitative estimate of drug-likeness (QED) is 0.682. The number of carbonyl (C=O) groups is 1. The molecule has 150 valence electrons. The maximum Gasteiger partial charge on any atom is 0.274 e. The maximum atomic E-state index is 13.3. The van der Waals surface area contributed by atoms with E-state index in [-0.39, 0.29) is 11.7 Å². The lowest BCUT2D eigenvalue weighted by molar-refractivity contribution is 0.0298. The Labute approximate surface area is 180 Å². The van der Waals surface area contributed by atoms with Gasteiger partial charge in [0.1, 0.15) is 0 Å². The number of para-hydroxylation sites is 1. The zero-order valence-corrected chi connectivity index (χ0v) is 18.2.